The zero-order valence-corrected chi connectivity index (χ0v) is 12.8. The van der Waals surface area contributed by atoms with Crippen LogP contribution in [0, 0.1) is 0 Å². The molecule has 1 aromatic rings. The second-order valence-electron chi connectivity index (χ2n) is 4.42. The van der Waals surface area contributed by atoms with Gasteiger partial charge in [-0.25, -0.2) is 18.4 Å². The Bertz CT molecular complexity index is 532. The van der Waals surface area contributed by atoms with Crippen molar-refractivity contribution in [1.29, 1.82) is 0 Å². The van der Waals surface area contributed by atoms with E-state index in [-0.39, 0.29) is 10.9 Å². The first kappa shape index (κ1) is 14.5. The summed E-state index contributed by atoms with van der Waals surface area (Å²) in [5.74, 6) is 1.23. The molecule has 1 N–H and O–H groups in total. The molecule has 0 saturated carbocycles. The topological polar surface area (TPSA) is 75.2 Å². The van der Waals surface area contributed by atoms with Crippen molar-refractivity contribution in [3.8, 4) is 0 Å². The van der Waals surface area contributed by atoms with E-state index in [2.05, 4.69) is 22.2 Å². The summed E-state index contributed by atoms with van der Waals surface area (Å²) >= 11 is 1.80. The molecule has 1 aromatic heterocycles. The molecule has 2 unspecified atom stereocenters. The highest BCUT2D eigenvalue weighted by Crippen LogP contribution is 2.28. The lowest BCUT2D eigenvalue weighted by molar-refractivity contribution is 0.340. The highest BCUT2D eigenvalue weighted by atomic mass is 32.2. The van der Waals surface area contributed by atoms with Gasteiger partial charge in [0, 0.05) is 30.6 Å². The summed E-state index contributed by atoms with van der Waals surface area (Å²) in [5.41, 5.74) is 0. The van der Waals surface area contributed by atoms with Gasteiger partial charge in [-0.05, 0) is 6.92 Å². The molecule has 1 fully saturated rings. The van der Waals surface area contributed by atoms with Gasteiger partial charge in [0.1, 0.15) is 4.90 Å². The second-order valence-corrected chi connectivity index (χ2v) is 7.80. The van der Waals surface area contributed by atoms with Crippen molar-refractivity contribution in [2.45, 2.75) is 30.0 Å². The first-order valence-corrected chi connectivity index (χ1v) is 8.59. The summed E-state index contributed by atoms with van der Waals surface area (Å²) in [6, 6.07) is -0.0206. The lowest BCUT2D eigenvalue weighted by atomic mass is 10.2. The number of rotatable bonds is 3. The summed E-state index contributed by atoms with van der Waals surface area (Å²) in [4.78, 5) is 8.09. The summed E-state index contributed by atoms with van der Waals surface area (Å²) in [7, 11) is -1.81. The molecule has 2 atom stereocenters. The minimum atomic E-state index is -3.50. The molecule has 0 aliphatic carbocycles. The van der Waals surface area contributed by atoms with E-state index in [4.69, 9.17) is 0 Å². The van der Waals surface area contributed by atoms with Gasteiger partial charge in [-0.2, -0.15) is 16.1 Å². The second kappa shape index (κ2) is 5.64. The maximum Gasteiger partial charge on any atom is 0.246 e. The van der Waals surface area contributed by atoms with Crippen molar-refractivity contribution in [2.75, 3.05) is 24.7 Å². The molecule has 0 aromatic carbocycles. The predicted octanol–water partition coefficient (Wildman–Crippen LogP) is 1.03. The van der Waals surface area contributed by atoms with Gasteiger partial charge < -0.3 is 5.32 Å². The van der Waals surface area contributed by atoms with Crippen molar-refractivity contribution in [2.24, 2.45) is 0 Å². The fourth-order valence-electron chi connectivity index (χ4n) is 1.96. The SMILES string of the molecule is CNc1ncc(S(=O)(=O)N2CCSC(C)C2C)cn1. The Morgan fingerprint density at radius 2 is 2.00 bits per heavy atom. The largest absolute Gasteiger partial charge is 0.357 e. The molecule has 1 aliphatic heterocycles. The first-order chi connectivity index (χ1) is 8.96. The summed E-state index contributed by atoms with van der Waals surface area (Å²) in [6.07, 6.45) is 2.71. The molecule has 0 spiro atoms. The first-order valence-electron chi connectivity index (χ1n) is 6.10. The molecule has 1 saturated heterocycles. The van der Waals surface area contributed by atoms with Gasteiger partial charge in [0.25, 0.3) is 0 Å². The smallest absolute Gasteiger partial charge is 0.246 e. The number of sulfonamides is 1. The molecule has 0 bridgehead atoms. The Labute approximate surface area is 118 Å². The van der Waals surface area contributed by atoms with Crippen LogP contribution in [0.2, 0.25) is 0 Å². The lowest BCUT2D eigenvalue weighted by Gasteiger charge is -2.36. The monoisotopic (exact) mass is 302 g/mol. The maximum absolute atomic E-state index is 12.6. The Kier molecular flexibility index (Phi) is 4.32. The standard InChI is InChI=1S/C11H18N4O2S2/c1-8-9(2)18-5-4-15(8)19(16,17)10-6-13-11(12-3)14-7-10/h6-9H,4-5H2,1-3H3,(H,12,13,14). The minimum absolute atomic E-state index is 0.0206. The van der Waals surface area contributed by atoms with E-state index in [1.165, 1.54) is 12.4 Å². The zero-order valence-electron chi connectivity index (χ0n) is 11.2. The average molecular weight is 302 g/mol. The molecule has 6 nitrogen and oxygen atoms in total. The number of anilines is 1. The number of hydrogen-bond donors (Lipinski definition) is 1. The van der Waals surface area contributed by atoms with Crippen molar-refractivity contribution in [3.05, 3.63) is 12.4 Å². The van der Waals surface area contributed by atoms with E-state index in [1.807, 2.05) is 6.92 Å². The van der Waals surface area contributed by atoms with E-state index in [9.17, 15) is 8.42 Å². The molecule has 0 amide bonds. The molecular formula is C11H18N4O2S2. The minimum Gasteiger partial charge on any atom is -0.357 e. The van der Waals surface area contributed by atoms with Gasteiger partial charge >= 0.3 is 0 Å². The molecule has 106 valence electrons. The van der Waals surface area contributed by atoms with E-state index in [1.54, 1.807) is 23.1 Å². The Hall–Kier alpha value is -0.860. The van der Waals surface area contributed by atoms with Gasteiger partial charge in [-0.15, -0.1) is 0 Å². The number of hydrogen-bond acceptors (Lipinski definition) is 6. The summed E-state index contributed by atoms with van der Waals surface area (Å²) < 4.78 is 26.7. The normalized spacial score (nSPS) is 25.2. The number of nitrogens with one attached hydrogen (secondary N) is 1. The predicted molar refractivity (Wildman–Crippen MR) is 76.9 cm³/mol. The number of thioether (sulfide) groups is 1. The summed E-state index contributed by atoms with van der Waals surface area (Å²) in [6.45, 7) is 4.53. The molecule has 19 heavy (non-hydrogen) atoms. The van der Waals surface area contributed by atoms with Crippen LogP contribution >= 0.6 is 11.8 Å². The van der Waals surface area contributed by atoms with Crippen molar-refractivity contribution >= 4 is 27.7 Å². The quantitative estimate of drug-likeness (QED) is 0.899. The Morgan fingerprint density at radius 3 is 2.58 bits per heavy atom. The molecule has 1 aliphatic rings. The van der Waals surface area contributed by atoms with E-state index >= 15 is 0 Å². The number of nitrogens with zero attached hydrogens (tertiary/aromatic N) is 3. The molecule has 2 rings (SSSR count). The fourth-order valence-corrected chi connectivity index (χ4v) is 4.85. The van der Waals surface area contributed by atoms with Gasteiger partial charge in [0.15, 0.2) is 0 Å². The van der Waals surface area contributed by atoms with Crippen LogP contribution in [0.4, 0.5) is 5.95 Å². The van der Waals surface area contributed by atoms with Crippen LogP contribution in [0.3, 0.4) is 0 Å². The highest BCUT2D eigenvalue weighted by Gasteiger charge is 2.35. The van der Waals surface area contributed by atoms with Crippen molar-refractivity contribution in [1.82, 2.24) is 14.3 Å². The van der Waals surface area contributed by atoms with Crippen molar-refractivity contribution in [3.63, 3.8) is 0 Å². The van der Waals surface area contributed by atoms with Crippen LogP contribution < -0.4 is 5.32 Å². The molecule has 2 heterocycles. The maximum atomic E-state index is 12.6. The fraction of sp³-hybridized carbons (Fsp3) is 0.636. The van der Waals surface area contributed by atoms with Gasteiger partial charge in [-0.1, -0.05) is 6.92 Å². The van der Waals surface area contributed by atoms with Gasteiger partial charge in [-0.3, -0.25) is 0 Å². The number of aromatic nitrogens is 2. The van der Waals surface area contributed by atoms with E-state index < -0.39 is 10.0 Å². The third-order valence-corrected chi connectivity index (χ3v) is 6.56. The molecule has 0 radical (unpaired) electrons. The highest BCUT2D eigenvalue weighted by molar-refractivity contribution is 8.00. The van der Waals surface area contributed by atoms with Crippen LogP contribution in [-0.4, -0.2) is 53.3 Å². The zero-order chi connectivity index (χ0) is 14.0. The van der Waals surface area contributed by atoms with Crippen LogP contribution in [0.1, 0.15) is 13.8 Å². The van der Waals surface area contributed by atoms with E-state index in [0.717, 1.165) is 5.75 Å². The van der Waals surface area contributed by atoms with Gasteiger partial charge in [0.2, 0.25) is 16.0 Å². The van der Waals surface area contributed by atoms with Crippen LogP contribution in [-0.2, 0) is 10.0 Å². The molecule has 8 heteroatoms. The third kappa shape index (κ3) is 2.85. The summed E-state index contributed by atoms with van der Waals surface area (Å²) in [5, 5.41) is 3.06. The third-order valence-electron chi connectivity index (χ3n) is 3.28. The Balaban J connectivity index is 2.30. The van der Waals surface area contributed by atoms with Crippen LogP contribution in [0.25, 0.3) is 0 Å². The van der Waals surface area contributed by atoms with Crippen LogP contribution in [0.15, 0.2) is 17.3 Å². The van der Waals surface area contributed by atoms with Gasteiger partial charge in [0.05, 0.1) is 12.4 Å². The lowest BCUT2D eigenvalue weighted by Crippen LogP contribution is -2.47. The van der Waals surface area contributed by atoms with E-state index in [0.29, 0.717) is 17.7 Å². The van der Waals surface area contributed by atoms with Crippen molar-refractivity contribution < 1.29 is 8.42 Å². The van der Waals surface area contributed by atoms with Crippen LogP contribution in [0.5, 0.6) is 0 Å². The average Bonchev–Trinajstić information content (AvgIpc) is 2.41. The Morgan fingerprint density at radius 1 is 1.37 bits per heavy atom. The molecular weight excluding hydrogens is 284 g/mol.